The lowest BCUT2D eigenvalue weighted by Gasteiger charge is -2.07. The lowest BCUT2D eigenvalue weighted by molar-refractivity contribution is -0.133. The van der Waals surface area contributed by atoms with Crippen molar-refractivity contribution in [1.29, 1.82) is 0 Å². The third-order valence-electron chi connectivity index (χ3n) is 2.73. The van der Waals surface area contributed by atoms with Crippen molar-refractivity contribution in [1.82, 2.24) is 25.0 Å². The predicted molar refractivity (Wildman–Crippen MR) is 74.5 cm³/mol. The Labute approximate surface area is 120 Å². The molecular formula is C12H15N5O2S. The maximum atomic E-state index is 10.6. The van der Waals surface area contributed by atoms with Crippen LogP contribution in [-0.2, 0) is 18.3 Å². The van der Waals surface area contributed by atoms with Crippen molar-refractivity contribution in [2.75, 3.05) is 5.75 Å². The van der Waals surface area contributed by atoms with Gasteiger partial charge in [0.15, 0.2) is 11.0 Å². The molecular weight excluding hydrogens is 278 g/mol. The number of aryl methyl sites for hydroxylation is 2. The number of carboxylic acid groups (broad SMARTS) is 1. The van der Waals surface area contributed by atoms with Crippen LogP contribution in [0.5, 0.6) is 0 Å². The third kappa shape index (κ3) is 2.96. The average molecular weight is 293 g/mol. The molecule has 0 aliphatic heterocycles. The van der Waals surface area contributed by atoms with Crippen LogP contribution in [0.1, 0.15) is 18.3 Å². The van der Waals surface area contributed by atoms with E-state index in [-0.39, 0.29) is 5.75 Å². The molecule has 0 amide bonds. The Kier molecular flexibility index (Phi) is 4.33. The van der Waals surface area contributed by atoms with Crippen LogP contribution < -0.4 is 0 Å². The van der Waals surface area contributed by atoms with Crippen molar-refractivity contribution in [3.63, 3.8) is 0 Å². The van der Waals surface area contributed by atoms with E-state index in [4.69, 9.17) is 5.11 Å². The van der Waals surface area contributed by atoms with Crippen LogP contribution in [0, 0.1) is 6.92 Å². The Bertz CT molecular complexity index is 641. The number of aliphatic carboxylic acids is 1. The SMILES string of the molecule is CCc1nnc(C)cc1-c1nnc(SCC(=O)O)n1C. The second-order valence-corrected chi connectivity index (χ2v) is 5.19. The Balaban J connectivity index is 2.39. The zero-order valence-corrected chi connectivity index (χ0v) is 12.3. The maximum absolute atomic E-state index is 10.6. The number of thioether (sulfide) groups is 1. The molecule has 0 aromatic carbocycles. The summed E-state index contributed by atoms with van der Waals surface area (Å²) in [5.41, 5.74) is 2.54. The molecule has 0 aliphatic carbocycles. The second kappa shape index (κ2) is 6.00. The van der Waals surface area contributed by atoms with Crippen molar-refractivity contribution in [2.45, 2.75) is 25.4 Å². The van der Waals surface area contributed by atoms with E-state index >= 15 is 0 Å². The fourth-order valence-corrected chi connectivity index (χ4v) is 2.40. The molecule has 0 bridgehead atoms. The first-order valence-electron chi connectivity index (χ1n) is 6.10. The largest absolute Gasteiger partial charge is 0.481 e. The first-order valence-corrected chi connectivity index (χ1v) is 7.09. The second-order valence-electron chi connectivity index (χ2n) is 4.25. The van der Waals surface area contributed by atoms with Crippen molar-refractivity contribution in [3.8, 4) is 11.4 Å². The highest BCUT2D eigenvalue weighted by Gasteiger charge is 2.16. The van der Waals surface area contributed by atoms with Gasteiger partial charge in [0.25, 0.3) is 0 Å². The fourth-order valence-electron chi connectivity index (χ4n) is 1.77. The molecule has 0 atom stereocenters. The summed E-state index contributed by atoms with van der Waals surface area (Å²) in [6, 6.07) is 1.92. The highest BCUT2D eigenvalue weighted by atomic mass is 32.2. The van der Waals surface area contributed by atoms with Gasteiger partial charge in [0, 0.05) is 12.6 Å². The van der Waals surface area contributed by atoms with E-state index in [1.807, 2.05) is 27.0 Å². The molecule has 106 valence electrons. The zero-order chi connectivity index (χ0) is 14.7. The van der Waals surface area contributed by atoms with E-state index in [1.165, 1.54) is 0 Å². The minimum Gasteiger partial charge on any atom is -0.481 e. The number of carbonyl (C=O) groups is 1. The van der Waals surface area contributed by atoms with Gasteiger partial charge in [0.05, 0.1) is 17.1 Å². The Morgan fingerprint density at radius 1 is 1.35 bits per heavy atom. The smallest absolute Gasteiger partial charge is 0.313 e. The summed E-state index contributed by atoms with van der Waals surface area (Å²) in [6.07, 6.45) is 0.743. The van der Waals surface area contributed by atoms with Crippen LogP contribution in [0.3, 0.4) is 0 Å². The van der Waals surface area contributed by atoms with Crippen molar-refractivity contribution in [2.24, 2.45) is 7.05 Å². The summed E-state index contributed by atoms with van der Waals surface area (Å²) < 4.78 is 1.78. The highest BCUT2D eigenvalue weighted by Crippen LogP contribution is 2.25. The van der Waals surface area contributed by atoms with Crippen LogP contribution in [0.25, 0.3) is 11.4 Å². The van der Waals surface area contributed by atoms with E-state index in [9.17, 15) is 4.79 Å². The molecule has 0 saturated heterocycles. The number of rotatable bonds is 5. The molecule has 0 saturated carbocycles. The highest BCUT2D eigenvalue weighted by molar-refractivity contribution is 7.99. The van der Waals surface area contributed by atoms with Crippen molar-refractivity contribution >= 4 is 17.7 Å². The van der Waals surface area contributed by atoms with E-state index in [0.717, 1.165) is 35.1 Å². The van der Waals surface area contributed by atoms with Crippen LogP contribution in [0.4, 0.5) is 0 Å². The first kappa shape index (κ1) is 14.4. The summed E-state index contributed by atoms with van der Waals surface area (Å²) in [5, 5.41) is 25.7. The Hall–Kier alpha value is -1.96. The zero-order valence-electron chi connectivity index (χ0n) is 11.5. The standard InChI is InChI=1S/C12H15N5O2S/c1-4-9-8(5-7(2)13-14-9)11-15-16-12(17(11)3)20-6-10(18)19/h5H,4,6H2,1-3H3,(H,18,19). The van der Waals surface area contributed by atoms with Gasteiger partial charge in [-0.3, -0.25) is 4.79 Å². The summed E-state index contributed by atoms with van der Waals surface area (Å²) >= 11 is 1.14. The summed E-state index contributed by atoms with van der Waals surface area (Å²) in [5.74, 6) is -0.247. The molecule has 0 spiro atoms. The summed E-state index contributed by atoms with van der Waals surface area (Å²) in [6.45, 7) is 3.87. The number of hydrogen-bond acceptors (Lipinski definition) is 6. The minimum atomic E-state index is -0.879. The average Bonchev–Trinajstić information content (AvgIpc) is 2.77. The molecule has 2 aromatic rings. The topological polar surface area (TPSA) is 93.8 Å². The van der Waals surface area contributed by atoms with Crippen LogP contribution in [0.2, 0.25) is 0 Å². The quantitative estimate of drug-likeness (QED) is 0.831. The van der Waals surface area contributed by atoms with Crippen LogP contribution in [-0.4, -0.2) is 41.8 Å². The van der Waals surface area contributed by atoms with Crippen LogP contribution in [0.15, 0.2) is 11.2 Å². The van der Waals surface area contributed by atoms with Gasteiger partial charge < -0.3 is 9.67 Å². The summed E-state index contributed by atoms with van der Waals surface area (Å²) in [4.78, 5) is 10.6. The van der Waals surface area contributed by atoms with E-state index in [0.29, 0.717) is 11.0 Å². The molecule has 0 fully saturated rings. The van der Waals surface area contributed by atoms with Gasteiger partial charge in [-0.15, -0.1) is 10.2 Å². The maximum Gasteiger partial charge on any atom is 0.313 e. The van der Waals surface area contributed by atoms with E-state index in [1.54, 1.807) is 4.57 Å². The third-order valence-corrected chi connectivity index (χ3v) is 3.73. The monoisotopic (exact) mass is 293 g/mol. The Morgan fingerprint density at radius 2 is 2.10 bits per heavy atom. The molecule has 20 heavy (non-hydrogen) atoms. The van der Waals surface area contributed by atoms with Crippen LogP contribution >= 0.6 is 11.8 Å². The number of nitrogens with zero attached hydrogens (tertiary/aromatic N) is 5. The lowest BCUT2D eigenvalue weighted by atomic mass is 10.1. The molecule has 7 nitrogen and oxygen atoms in total. The predicted octanol–water partition coefficient (Wildman–Crippen LogP) is 1.32. The molecule has 0 aliphatic rings. The van der Waals surface area contributed by atoms with Crippen molar-refractivity contribution in [3.05, 3.63) is 17.5 Å². The first-order chi connectivity index (χ1) is 9.52. The molecule has 2 rings (SSSR count). The number of carboxylic acids is 1. The van der Waals surface area contributed by atoms with Gasteiger partial charge in [-0.2, -0.15) is 10.2 Å². The van der Waals surface area contributed by atoms with Gasteiger partial charge >= 0.3 is 5.97 Å². The van der Waals surface area contributed by atoms with Gasteiger partial charge in [-0.25, -0.2) is 0 Å². The molecule has 8 heteroatoms. The lowest BCUT2D eigenvalue weighted by Crippen LogP contribution is -2.03. The normalized spacial score (nSPS) is 10.8. The minimum absolute atomic E-state index is 0.0414. The van der Waals surface area contributed by atoms with Crippen molar-refractivity contribution < 1.29 is 9.90 Å². The van der Waals surface area contributed by atoms with Gasteiger partial charge in [0.2, 0.25) is 0 Å². The molecule has 0 radical (unpaired) electrons. The van der Waals surface area contributed by atoms with Gasteiger partial charge in [-0.1, -0.05) is 18.7 Å². The number of hydrogen-bond donors (Lipinski definition) is 1. The summed E-state index contributed by atoms with van der Waals surface area (Å²) in [7, 11) is 1.81. The number of aromatic nitrogens is 5. The molecule has 2 aromatic heterocycles. The van der Waals surface area contributed by atoms with Gasteiger partial charge in [0.1, 0.15) is 0 Å². The molecule has 2 heterocycles. The molecule has 0 unspecified atom stereocenters. The fraction of sp³-hybridized carbons (Fsp3) is 0.417. The van der Waals surface area contributed by atoms with E-state index in [2.05, 4.69) is 20.4 Å². The van der Waals surface area contributed by atoms with Gasteiger partial charge in [-0.05, 0) is 19.4 Å². The molecule has 1 N–H and O–H groups in total. The van der Waals surface area contributed by atoms with E-state index < -0.39 is 5.97 Å². The Morgan fingerprint density at radius 3 is 2.75 bits per heavy atom.